The summed E-state index contributed by atoms with van der Waals surface area (Å²) in [5, 5.41) is 8.85. The highest BCUT2D eigenvalue weighted by Gasteiger charge is 2.36. The summed E-state index contributed by atoms with van der Waals surface area (Å²) in [4.78, 5) is 13.2. The van der Waals surface area contributed by atoms with Crippen molar-refractivity contribution in [3.63, 3.8) is 0 Å². The summed E-state index contributed by atoms with van der Waals surface area (Å²) < 4.78 is 5.78. The van der Waals surface area contributed by atoms with Gasteiger partial charge in [-0.3, -0.25) is 9.69 Å². The maximum absolute atomic E-state index is 10.7. The van der Waals surface area contributed by atoms with Crippen molar-refractivity contribution >= 4 is 5.97 Å². The Kier molecular flexibility index (Phi) is 5.01. The molecule has 0 aromatic carbocycles. The van der Waals surface area contributed by atoms with Crippen molar-refractivity contribution in [1.29, 1.82) is 0 Å². The van der Waals surface area contributed by atoms with E-state index in [2.05, 4.69) is 11.8 Å². The number of ether oxygens (including phenoxy) is 1. The van der Waals surface area contributed by atoms with Crippen molar-refractivity contribution in [1.82, 2.24) is 4.90 Å². The van der Waals surface area contributed by atoms with Crippen molar-refractivity contribution in [2.24, 2.45) is 0 Å². The van der Waals surface area contributed by atoms with Gasteiger partial charge in [0.05, 0.1) is 12.5 Å². The van der Waals surface area contributed by atoms with Gasteiger partial charge in [0, 0.05) is 25.2 Å². The number of carboxylic acid groups (broad SMARTS) is 1. The Morgan fingerprint density at radius 1 is 1.33 bits per heavy atom. The zero-order valence-corrected chi connectivity index (χ0v) is 11.3. The molecule has 2 atom stereocenters. The van der Waals surface area contributed by atoms with Crippen molar-refractivity contribution in [3.8, 4) is 0 Å². The lowest BCUT2D eigenvalue weighted by Crippen LogP contribution is -2.44. The number of aliphatic carboxylic acids is 1. The molecule has 1 N–H and O–H groups in total. The zero-order chi connectivity index (χ0) is 13.0. The fourth-order valence-electron chi connectivity index (χ4n) is 2.98. The van der Waals surface area contributed by atoms with Gasteiger partial charge in [-0.05, 0) is 32.1 Å². The van der Waals surface area contributed by atoms with Gasteiger partial charge in [0.1, 0.15) is 0 Å². The predicted molar refractivity (Wildman–Crippen MR) is 69.7 cm³/mol. The van der Waals surface area contributed by atoms with Crippen LogP contribution in [0.1, 0.15) is 51.9 Å². The Balaban J connectivity index is 1.86. The topological polar surface area (TPSA) is 49.8 Å². The van der Waals surface area contributed by atoms with Gasteiger partial charge >= 0.3 is 5.97 Å². The van der Waals surface area contributed by atoms with E-state index in [1.54, 1.807) is 0 Å². The molecule has 1 saturated heterocycles. The summed E-state index contributed by atoms with van der Waals surface area (Å²) in [5.74, 6) is -0.683. The first-order chi connectivity index (χ1) is 8.70. The van der Waals surface area contributed by atoms with Gasteiger partial charge in [-0.25, -0.2) is 0 Å². The summed E-state index contributed by atoms with van der Waals surface area (Å²) in [7, 11) is 0. The standard InChI is InChI=1S/C14H25NO3/c1-2-3-13-10-12(7-9-18-13)15(11-4-5-11)8-6-14(16)17/h11-13H,2-10H2,1H3,(H,16,17). The molecular formula is C14H25NO3. The number of hydrogen-bond acceptors (Lipinski definition) is 3. The van der Waals surface area contributed by atoms with Crippen LogP contribution in [0.3, 0.4) is 0 Å². The van der Waals surface area contributed by atoms with Crippen LogP contribution in [0.4, 0.5) is 0 Å². The van der Waals surface area contributed by atoms with Crippen molar-refractivity contribution in [3.05, 3.63) is 0 Å². The third-order valence-electron chi connectivity index (χ3n) is 4.02. The Morgan fingerprint density at radius 2 is 2.11 bits per heavy atom. The lowest BCUT2D eigenvalue weighted by atomic mass is 9.98. The Labute approximate surface area is 109 Å². The minimum atomic E-state index is -0.683. The molecule has 0 radical (unpaired) electrons. The quantitative estimate of drug-likeness (QED) is 0.758. The number of carboxylic acids is 1. The van der Waals surface area contributed by atoms with Gasteiger partial charge in [0.15, 0.2) is 0 Å². The summed E-state index contributed by atoms with van der Waals surface area (Å²) in [5.41, 5.74) is 0. The zero-order valence-electron chi connectivity index (χ0n) is 11.3. The maximum atomic E-state index is 10.7. The molecule has 0 aromatic rings. The Hall–Kier alpha value is -0.610. The number of carbonyl (C=O) groups is 1. The van der Waals surface area contributed by atoms with Gasteiger partial charge in [-0.2, -0.15) is 0 Å². The summed E-state index contributed by atoms with van der Waals surface area (Å²) in [6, 6.07) is 1.19. The first kappa shape index (κ1) is 13.8. The second kappa shape index (κ2) is 6.53. The molecule has 2 aliphatic rings. The largest absolute Gasteiger partial charge is 0.481 e. The Bertz CT molecular complexity index is 276. The molecule has 18 heavy (non-hydrogen) atoms. The second-order valence-electron chi connectivity index (χ2n) is 5.57. The highest BCUT2D eigenvalue weighted by atomic mass is 16.5. The second-order valence-corrected chi connectivity index (χ2v) is 5.57. The highest BCUT2D eigenvalue weighted by molar-refractivity contribution is 5.66. The van der Waals surface area contributed by atoms with Crippen LogP contribution >= 0.6 is 0 Å². The lowest BCUT2D eigenvalue weighted by Gasteiger charge is -2.37. The SMILES string of the molecule is CCCC1CC(N(CCC(=O)O)C2CC2)CCO1. The van der Waals surface area contributed by atoms with Crippen LogP contribution in [0.15, 0.2) is 0 Å². The fraction of sp³-hybridized carbons (Fsp3) is 0.929. The highest BCUT2D eigenvalue weighted by Crippen LogP contribution is 2.33. The first-order valence-electron chi connectivity index (χ1n) is 7.29. The van der Waals surface area contributed by atoms with Gasteiger partial charge in [-0.15, -0.1) is 0 Å². The van der Waals surface area contributed by atoms with Crippen LogP contribution in [0.2, 0.25) is 0 Å². The maximum Gasteiger partial charge on any atom is 0.304 e. The van der Waals surface area contributed by atoms with E-state index < -0.39 is 5.97 Å². The van der Waals surface area contributed by atoms with E-state index >= 15 is 0 Å². The van der Waals surface area contributed by atoms with Crippen molar-refractivity contribution in [2.45, 2.75) is 70.1 Å². The van der Waals surface area contributed by atoms with Gasteiger partial charge in [-0.1, -0.05) is 13.3 Å². The molecule has 0 bridgehead atoms. The fourth-order valence-corrected chi connectivity index (χ4v) is 2.98. The van der Waals surface area contributed by atoms with Gasteiger partial charge < -0.3 is 9.84 Å². The van der Waals surface area contributed by atoms with E-state index in [1.807, 2.05) is 0 Å². The molecule has 0 spiro atoms. The first-order valence-corrected chi connectivity index (χ1v) is 7.29. The van der Waals surface area contributed by atoms with Gasteiger partial charge in [0.25, 0.3) is 0 Å². The van der Waals surface area contributed by atoms with E-state index in [0.29, 0.717) is 24.7 Å². The average Bonchev–Trinajstić information content (AvgIpc) is 3.14. The molecule has 1 saturated carbocycles. The van der Waals surface area contributed by atoms with Crippen LogP contribution in [0.5, 0.6) is 0 Å². The molecule has 1 aliphatic carbocycles. The van der Waals surface area contributed by atoms with Crippen LogP contribution < -0.4 is 0 Å². The summed E-state index contributed by atoms with van der Waals surface area (Å²) in [6.45, 7) is 3.74. The van der Waals surface area contributed by atoms with Crippen LogP contribution in [-0.4, -0.2) is 47.3 Å². The summed E-state index contributed by atoms with van der Waals surface area (Å²) in [6.07, 6.45) is 7.60. The summed E-state index contributed by atoms with van der Waals surface area (Å²) >= 11 is 0. The van der Waals surface area contributed by atoms with Crippen molar-refractivity contribution in [2.75, 3.05) is 13.2 Å². The number of nitrogens with zero attached hydrogens (tertiary/aromatic N) is 1. The number of hydrogen-bond donors (Lipinski definition) is 1. The molecular weight excluding hydrogens is 230 g/mol. The molecule has 0 amide bonds. The predicted octanol–water partition coefficient (Wildman–Crippen LogP) is 2.27. The van der Waals surface area contributed by atoms with E-state index in [0.717, 1.165) is 32.3 Å². The minimum Gasteiger partial charge on any atom is -0.481 e. The van der Waals surface area contributed by atoms with Crippen LogP contribution in [0.25, 0.3) is 0 Å². The van der Waals surface area contributed by atoms with Gasteiger partial charge in [0.2, 0.25) is 0 Å². The van der Waals surface area contributed by atoms with Crippen LogP contribution in [-0.2, 0) is 9.53 Å². The Morgan fingerprint density at radius 3 is 2.72 bits per heavy atom. The van der Waals surface area contributed by atoms with Crippen molar-refractivity contribution < 1.29 is 14.6 Å². The van der Waals surface area contributed by atoms with E-state index in [1.165, 1.54) is 12.8 Å². The van der Waals surface area contributed by atoms with E-state index in [9.17, 15) is 4.79 Å². The van der Waals surface area contributed by atoms with E-state index in [-0.39, 0.29) is 6.42 Å². The molecule has 4 nitrogen and oxygen atoms in total. The molecule has 1 heterocycles. The molecule has 4 heteroatoms. The van der Waals surface area contributed by atoms with E-state index in [4.69, 9.17) is 9.84 Å². The third-order valence-corrected chi connectivity index (χ3v) is 4.02. The normalized spacial score (nSPS) is 28.6. The monoisotopic (exact) mass is 255 g/mol. The van der Waals surface area contributed by atoms with Crippen LogP contribution in [0, 0.1) is 0 Å². The third kappa shape index (κ3) is 3.95. The average molecular weight is 255 g/mol. The molecule has 104 valence electrons. The smallest absolute Gasteiger partial charge is 0.304 e. The molecule has 2 rings (SSSR count). The molecule has 1 aliphatic heterocycles. The number of rotatable bonds is 7. The molecule has 0 aromatic heterocycles. The lowest BCUT2D eigenvalue weighted by molar-refractivity contribution is -0.137. The molecule has 2 unspecified atom stereocenters. The minimum absolute atomic E-state index is 0.270. The molecule has 2 fully saturated rings.